The van der Waals surface area contributed by atoms with Crippen LogP contribution in [0.25, 0.3) is 0 Å². The maximum Gasteiger partial charge on any atom is 0.123 e. The molecule has 0 aliphatic carbocycles. The SMILES string of the molecule is CC.CC.CC1CN(C)CCC1Nc1ccc(F)cc1. The van der Waals surface area contributed by atoms with Crippen molar-refractivity contribution >= 4 is 5.69 Å². The zero-order valence-corrected chi connectivity index (χ0v) is 13.9. The van der Waals surface area contributed by atoms with Crippen molar-refractivity contribution in [3.8, 4) is 0 Å². The number of anilines is 1. The molecule has 0 saturated carbocycles. The minimum Gasteiger partial charge on any atom is -0.382 e. The van der Waals surface area contributed by atoms with E-state index >= 15 is 0 Å². The third kappa shape index (κ3) is 6.38. The van der Waals surface area contributed by atoms with Gasteiger partial charge in [-0.2, -0.15) is 0 Å². The normalized spacial score (nSPS) is 21.9. The molecule has 0 radical (unpaired) electrons. The van der Waals surface area contributed by atoms with E-state index < -0.39 is 0 Å². The zero-order chi connectivity index (χ0) is 15.5. The van der Waals surface area contributed by atoms with Gasteiger partial charge in [-0.15, -0.1) is 0 Å². The first-order valence-corrected chi connectivity index (χ1v) is 7.86. The molecule has 0 bridgehead atoms. The summed E-state index contributed by atoms with van der Waals surface area (Å²) < 4.78 is 12.8. The van der Waals surface area contributed by atoms with Crippen LogP contribution in [0.3, 0.4) is 0 Å². The van der Waals surface area contributed by atoms with Gasteiger partial charge in [-0.05, 0) is 50.2 Å². The summed E-state index contributed by atoms with van der Waals surface area (Å²) in [6, 6.07) is 7.12. The highest BCUT2D eigenvalue weighted by Gasteiger charge is 2.23. The molecule has 3 heteroatoms. The van der Waals surface area contributed by atoms with Gasteiger partial charge < -0.3 is 10.2 Å². The van der Waals surface area contributed by atoms with Crippen LogP contribution in [-0.4, -0.2) is 31.1 Å². The van der Waals surface area contributed by atoms with Crippen LogP contribution in [0.2, 0.25) is 0 Å². The number of likely N-dealkylation sites (tertiary alicyclic amines) is 1. The lowest BCUT2D eigenvalue weighted by Crippen LogP contribution is -2.43. The van der Waals surface area contributed by atoms with E-state index in [9.17, 15) is 4.39 Å². The maximum atomic E-state index is 12.8. The molecule has 1 N–H and O–H groups in total. The molecule has 2 unspecified atom stereocenters. The average molecular weight is 282 g/mol. The highest BCUT2D eigenvalue weighted by molar-refractivity contribution is 5.44. The second kappa shape index (κ2) is 10.7. The average Bonchev–Trinajstić information content (AvgIpc) is 2.48. The molecular formula is C17H31FN2. The minimum atomic E-state index is -0.179. The second-order valence-corrected chi connectivity index (χ2v) is 4.79. The molecule has 1 saturated heterocycles. The van der Waals surface area contributed by atoms with Gasteiger partial charge in [-0.25, -0.2) is 4.39 Å². The molecule has 2 nitrogen and oxygen atoms in total. The van der Waals surface area contributed by atoms with Crippen LogP contribution >= 0.6 is 0 Å². The molecule has 20 heavy (non-hydrogen) atoms. The third-order valence-electron chi connectivity index (χ3n) is 3.30. The Bertz CT molecular complexity index is 337. The van der Waals surface area contributed by atoms with Crippen molar-refractivity contribution in [3.63, 3.8) is 0 Å². The first-order chi connectivity index (χ1) is 9.65. The number of nitrogens with one attached hydrogen (secondary N) is 1. The lowest BCUT2D eigenvalue weighted by Gasteiger charge is -2.35. The number of nitrogens with zero attached hydrogens (tertiary/aromatic N) is 1. The summed E-state index contributed by atoms with van der Waals surface area (Å²) in [5.41, 5.74) is 1.02. The van der Waals surface area contributed by atoms with Crippen LogP contribution in [0.15, 0.2) is 24.3 Å². The Morgan fingerprint density at radius 2 is 1.65 bits per heavy atom. The standard InChI is InChI=1S/C13H19FN2.2C2H6/c1-10-9-16(2)8-7-13(10)15-12-5-3-11(14)4-6-12;2*1-2/h3-6,10,13,15H,7-9H2,1-2H3;2*1-2H3. The Balaban J connectivity index is 0.000000829. The largest absolute Gasteiger partial charge is 0.382 e. The van der Waals surface area contributed by atoms with Gasteiger partial charge in [0, 0.05) is 18.3 Å². The fraction of sp³-hybridized carbons (Fsp3) is 0.647. The summed E-state index contributed by atoms with van der Waals surface area (Å²) in [6.07, 6.45) is 1.15. The van der Waals surface area contributed by atoms with Crippen molar-refractivity contribution in [2.45, 2.75) is 47.1 Å². The van der Waals surface area contributed by atoms with E-state index in [0.717, 1.165) is 25.2 Å². The molecule has 1 aliphatic rings. The molecule has 1 aliphatic heterocycles. The number of piperidine rings is 1. The smallest absolute Gasteiger partial charge is 0.123 e. The van der Waals surface area contributed by atoms with E-state index in [0.29, 0.717) is 12.0 Å². The monoisotopic (exact) mass is 282 g/mol. The molecule has 1 heterocycles. The minimum absolute atomic E-state index is 0.179. The zero-order valence-electron chi connectivity index (χ0n) is 13.9. The van der Waals surface area contributed by atoms with Crippen molar-refractivity contribution in [1.82, 2.24) is 4.90 Å². The number of halogens is 1. The van der Waals surface area contributed by atoms with Crippen LogP contribution in [0, 0.1) is 11.7 Å². The van der Waals surface area contributed by atoms with Crippen LogP contribution in [0.4, 0.5) is 10.1 Å². The first-order valence-electron chi connectivity index (χ1n) is 7.86. The predicted molar refractivity (Wildman–Crippen MR) is 87.8 cm³/mol. The number of hydrogen-bond donors (Lipinski definition) is 1. The molecule has 2 atom stereocenters. The van der Waals surface area contributed by atoms with E-state index in [4.69, 9.17) is 0 Å². The third-order valence-corrected chi connectivity index (χ3v) is 3.30. The lowest BCUT2D eigenvalue weighted by atomic mass is 9.94. The summed E-state index contributed by atoms with van der Waals surface area (Å²) in [5.74, 6) is 0.450. The summed E-state index contributed by atoms with van der Waals surface area (Å²) in [5, 5.41) is 3.49. The Morgan fingerprint density at radius 3 is 2.15 bits per heavy atom. The highest BCUT2D eigenvalue weighted by Crippen LogP contribution is 2.20. The van der Waals surface area contributed by atoms with Crippen molar-refractivity contribution in [3.05, 3.63) is 30.1 Å². The number of rotatable bonds is 2. The van der Waals surface area contributed by atoms with Gasteiger partial charge in [-0.3, -0.25) is 0 Å². The molecule has 0 aromatic heterocycles. The van der Waals surface area contributed by atoms with Gasteiger partial charge in [0.15, 0.2) is 0 Å². The van der Waals surface area contributed by atoms with Gasteiger partial charge >= 0.3 is 0 Å². The van der Waals surface area contributed by atoms with Gasteiger partial charge in [0.05, 0.1) is 0 Å². The van der Waals surface area contributed by atoms with Crippen molar-refractivity contribution < 1.29 is 4.39 Å². The molecule has 116 valence electrons. The summed E-state index contributed by atoms with van der Waals surface area (Å²) in [7, 11) is 2.16. The highest BCUT2D eigenvalue weighted by atomic mass is 19.1. The Hall–Kier alpha value is -1.09. The van der Waals surface area contributed by atoms with Crippen molar-refractivity contribution in [2.75, 3.05) is 25.5 Å². The van der Waals surface area contributed by atoms with E-state index in [-0.39, 0.29) is 5.82 Å². The van der Waals surface area contributed by atoms with Gasteiger partial charge in [0.25, 0.3) is 0 Å². The quantitative estimate of drug-likeness (QED) is 0.850. The Labute approximate surface area is 124 Å². The molecule has 1 aromatic carbocycles. The summed E-state index contributed by atoms with van der Waals surface area (Å²) >= 11 is 0. The summed E-state index contributed by atoms with van der Waals surface area (Å²) in [4.78, 5) is 2.35. The summed E-state index contributed by atoms with van der Waals surface area (Å²) in [6.45, 7) is 12.5. The molecule has 0 spiro atoms. The van der Waals surface area contributed by atoms with Gasteiger partial charge in [0.1, 0.15) is 5.82 Å². The van der Waals surface area contributed by atoms with Crippen LogP contribution in [-0.2, 0) is 0 Å². The number of hydrogen-bond acceptors (Lipinski definition) is 2. The molecule has 0 amide bonds. The van der Waals surface area contributed by atoms with Crippen LogP contribution in [0.5, 0.6) is 0 Å². The van der Waals surface area contributed by atoms with Crippen LogP contribution < -0.4 is 5.32 Å². The van der Waals surface area contributed by atoms with E-state index in [1.807, 2.05) is 27.7 Å². The molecule has 1 fully saturated rings. The molecule has 1 aromatic rings. The predicted octanol–water partition coefficient (Wildman–Crippen LogP) is 4.63. The lowest BCUT2D eigenvalue weighted by molar-refractivity contribution is 0.206. The Morgan fingerprint density at radius 1 is 1.10 bits per heavy atom. The fourth-order valence-corrected chi connectivity index (χ4v) is 2.33. The van der Waals surface area contributed by atoms with E-state index in [2.05, 4.69) is 24.2 Å². The molecular weight excluding hydrogens is 251 g/mol. The van der Waals surface area contributed by atoms with Gasteiger partial charge in [-0.1, -0.05) is 34.6 Å². The van der Waals surface area contributed by atoms with E-state index in [1.54, 1.807) is 12.1 Å². The van der Waals surface area contributed by atoms with Crippen molar-refractivity contribution in [2.24, 2.45) is 5.92 Å². The molecule has 2 rings (SSSR count). The number of benzene rings is 1. The topological polar surface area (TPSA) is 15.3 Å². The maximum absolute atomic E-state index is 12.8. The van der Waals surface area contributed by atoms with Crippen LogP contribution in [0.1, 0.15) is 41.0 Å². The van der Waals surface area contributed by atoms with E-state index in [1.165, 1.54) is 12.1 Å². The second-order valence-electron chi connectivity index (χ2n) is 4.79. The van der Waals surface area contributed by atoms with Crippen molar-refractivity contribution in [1.29, 1.82) is 0 Å². The first kappa shape index (κ1) is 18.9. The van der Waals surface area contributed by atoms with Gasteiger partial charge in [0.2, 0.25) is 0 Å². The Kier molecular flexibility index (Phi) is 10.1. The fourth-order valence-electron chi connectivity index (χ4n) is 2.33.